The van der Waals surface area contributed by atoms with Crippen LogP contribution in [0.5, 0.6) is 5.75 Å². The summed E-state index contributed by atoms with van der Waals surface area (Å²) >= 11 is 0. The third kappa shape index (κ3) is 2.26. The molecule has 0 aromatic heterocycles. The van der Waals surface area contributed by atoms with Gasteiger partial charge < -0.3 is 9.84 Å². The van der Waals surface area contributed by atoms with Crippen molar-refractivity contribution in [2.45, 2.75) is 43.6 Å². The van der Waals surface area contributed by atoms with Crippen LogP contribution >= 0.6 is 0 Å². The first-order chi connectivity index (χ1) is 9.40. The quantitative estimate of drug-likeness (QED) is 0.861. The highest BCUT2D eigenvalue weighted by Crippen LogP contribution is 2.53. The number of ether oxygens (including phenoxy) is 1. The van der Waals surface area contributed by atoms with Gasteiger partial charge in [-0.15, -0.1) is 0 Å². The number of fused-ring (bicyclic) bond motifs is 1. The maximum Gasteiger partial charge on any atom is 0.281 e. The van der Waals surface area contributed by atoms with Gasteiger partial charge in [0.15, 0.2) is 0 Å². The van der Waals surface area contributed by atoms with Crippen molar-refractivity contribution in [1.82, 2.24) is 0 Å². The van der Waals surface area contributed by atoms with Crippen LogP contribution in [0.15, 0.2) is 12.1 Å². The molecular weight excluding hydrogens is 276 g/mol. The molecule has 110 valence electrons. The molecule has 2 aliphatic rings. The zero-order valence-corrected chi connectivity index (χ0v) is 10.6. The zero-order valence-electron chi connectivity index (χ0n) is 10.6. The van der Waals surface area contributed by atoms with Gasteiger partial charge >= 0.3 is 0 Å². The van der Waals surface area contributed by atoms with Crippen molar-refractivity contribution >= 4 is 0 Å². The van der Waals surface area contributed by atoms with E-state index in [4.69, 9.17) is 4.74 Å². The number of aliphatic hydroxyl groups is 1. The highest BCUT2D eigenvalue weighted by molar-refractivity contribution is 5.53. The van der Waals surface area contributed by atoms with Crippen molar-refractivity contribution in [3.05, 3.63) is 28.8 Å². The van der Waals surface area contributed by atoms with Gasteiger partial charge in [-0.3, -0.25) is 0 Å². The SMILES string of the molecule is OC1c2c(C3CC3)ccc(OCC(F)F)c2CC1(F)F. The van der Waals surface area contributed by atoms with Gasteiger partial charge in [0.05, 0.1) is 0 Å². The Labute approximate surface area is 113 Å². The van der Waals surface area contributed by atoms with Crippen molar-refractivity contribution in [2.24, 2.45) is 0 Å². The van der Waals surface area contributed by atoms with E-state index in [0.717, 1.165) is 12.8 Å². The fourth-order valence-electron chi connectivity index (χ4n) is 2.75. The zero-order chi connectivity index (χ0) is 14.5. The van der Waals surface area contributed by atoms with Crippen LogP contribution in [0.4, 0.5) is 17.6 Å². The predicted molar refractivity (Wildman–Crippen MR) is 63.5 cm³/mol. The van der Waals surface area contributed by atoms with E-state index in [9.17, 15) is 22.7 Å². The molecule has 0 bridgehead atoms. The predicted octanol–water partition coefficient (Wildman–Crippen LogP) is 3.43. The number of hydrogen-bond donors (Lipinski definition) is 1. The van der Waals surface area contributed by atoms with E-state index >= 15 is 0 Å². The number of hydrogen-bond acceptors (Lipinski definition) is 2. The standard InChI is InChI=1S/C14H14F4O2/c15-11(16)6-20-10-4-3-8(7-1-2-7)12-9(10)5-14(17,18)13(12)19/h3-4,7,11,13,19H,1-2,5-6H2. The Morgan fingerprint density at radius 2 is 2.00 bits per heavy atom. The molecular formula is C14H14F4O2. The van der Waals surface area contributed by atoms with Crippen LogP contribution in [0.2, 0.25) is 0 Å². The highest BCUT2D eigenvalue weighted by Gasteiger charge is 2.50. The fourth-order valence-corrected chi connectivity index (χ4v) is 2.75. The van der Waals surface area contributed by atoms with Crippen LogP contribution in [-0.4, -0.2) is 24.1 Å². The molecule has 1 fully saturated rings. The second-order valence-electron chi connectivity index (χ2n) is 5.36. The molecule has 1 unspecified atom stereocenters. The molecule has 0 radical (unpaired) electrons. The Kier molecular flexibility index (Phi) is 3.16. The average Bonchev–Trinajstić information content (AvgIpc) is 3.16. The van der Waals surface area contributed by atoms with Crippen molar-refractivity contribution in [3.63, 3.8) is 0 Å². The second-order valence-corrected chi connectivity index (χ2v) is 5.36. The minimum Gasteiger partial charge on any atom is -0.487 e. The third-order valence-electron chi connectivity index (χ3n) is 3.82. The first-order valence-electron chi connectivity index (χ1n) is 6.52. The maximum absolute atomic E-state index is 13.7. The van der Waals surface area contributed by atoms with E-state index in [2.05, 4.69) is 0 Å². The number of alkyl halides is 4. The average molecular weight is 290 g/mol. The Morgan fingerprint density at radius 1 is 1.30 bits per heavy atom. The molecule has 2 nitrogen and oxygen atoms in total. The monoisotopic (exact) mass is 290 g/mol. The van der Waals surface area contributed by atoms with Gasteiger partial charge in [-0.1, -0.05) is 6.07 Å². The Morgan fingerprint density at radius 3 is 2.60 bits per heavy atom. The normalized spacial score (nSPS) is 24.0. The molecule has 0 saturated heterocycles. The van der Waals surface area contributed by atoms with Crippen LogP contribution < -0.4 is 4.74 Å². The summed E-state index contributed by atoms with van der Waals surface area (Å²) in [6.07, 6.45) is -3.39. The molecule has 1 aromatic carbocycles. The largest absolute Gasteiger partial charge is 0.487 e. The molecule has 1 atom stereocenters. The molecule has 1 saturated carbocycles. The first kappa shape index (κ1) is 13.7. The summed E-state index contributed by atoms with van der Waals surface area (Å²) < 4.78 is 56.7. The van der Waals surface area contributed by atoms with Crippen molar-refractivity contribution in [1.29, 1.82) is 0 Å². The molecule has 1 N–H and O–H groups in total. The van der Waals surface area contributed by atoms with Gasteiger partial charge in [0.2, 0.25) is 0 Å². The summed E-state index contributed by atoms with van der Waals surface area (Å²) in [4.78, 5) is 0. The number of benzene rings is 1. The van der Waals surface area contributed by atoms with Gasteiger partial charge in [0.1, 0.15) is 18.5 Å². The van der Waals surface area contributed by atoms with E-state index in [1.807, 2.05) is 0 Å². The second kappa shape index (κ2) is 4.62. The number of aliphatic hydroxyl groups excluding tert-OH is 1. The van der Waals surface area contributed by atoms with Crippen LogP contribution in [0, 0.1) is 0 Å². The van der Waals surface area contributed by atoms with Gasteiger partial charge in [-0.25, -0.2) is 17.6 Å². The van der Waals surface area contributed by atoms with Crippen molar-refractivity contribution in [2.75, 3.05) is 6.61 Å². The van der Waals surface area contributed by atoms with Crippen molar-refractivity contribution < 1.29 is 27.4 Å². The lowest BCUT2D eigenvalue weighted by molar-refractivity contribution is -0.0971. The van der Waals surface area contributed by atoms with Gasteiger partial charge in [0, 0.05) is 12.0 Å². The summed E-state index contributed by atoms with van der Waals surface area (Å²) in [5, 5.41) is 9.81. The Bertz CT molecular complexity index is 526. The number of halogens is 4. The molecule has 0 heterocycles. The minimum atomic E-state index is -3.27. The Balaban J connectivity index is 2.00. The lowest BCUT2D eigenvalue weighted by Crippen LogP contribution is -2.22. The molecule has 1 aromatic rings. The highest BCUT2D eigenvalue weighted by atomic mass is 19.3. The topological polar surface area (TPSA) is 29.5 Å². The number of rotatable bonds is 4. The van der Waals surface area contributed by atoms with Crippen LogP contribution in [0.3, 0.4) is 0 Å². The summed E-state index contributed by atoms with van der Waals surface area (Å²) in [5.41, 5.74) is 1.06. The van der Waals surface area contributed by atoms with E-state index in [0.29, 0.717) is 5.56 Å². The fraction of sp³-hybridized carbons (Fsp3) is 0.571. The van der Waals surface area contributed by atoms with Crippen LogP contribution in [-0.2, 0) is 6.42 Å². The summed E-state index contributed by atoms with van der Waals surface area (Å²) in [5.74, 6) is -3.05. The summed E-state index contributed by atoms with van der Waals surface area (Å²) in [6, 6.07) is 3.07. The van der Waals surface area contributed by atoms with Gasteiger partial charge in [-0.2, -0.15) is 0 Å². The molecule has 0 spiro atoms. The third-order valence-corrected chi connectivity index (χ3v) is 3.82. The van der Waals surface area contributed by atoms with Crippen molar-refractivity contribution in [3.8, 4) is 5.75 Å². The van der Waals surface area contributed by atoms with Gasteiger partial charge in [0.25, 0.3) is 12.3 Å². The van der Waals surface area contributed by atoms with E-state index in [1.54, 1.807) is 6.07 Å². The van der Waals surface area contributed by atoms with E-state index < -0.39 is 31.5 Å². The molecule has 6 heteroatoms. The van der Waals surface area contributed by atoms with Crippen LogP contribution in [0.25, 0.3) is 0 Å². The van der Waals surface area contributed by atoms with Crippen LogP contribution in [0.1, 0.15) is 41.6 Å². The summed E-state index contributed by atoms with van der Waals surface area (Å²) in [7, 11) is 0. The molecule has 0 amide bonds. The minimum absolute atomic E-state index is 0.0286. The smallest absolute Gasteiger partial charge is 0.281 e. The summed E-state index contributed by atoms with van der Waals surface area (Å²) in [6.45, 7) is -0.836. The molecule has 0 aliphatic heterocycles. The lowest BCUT2D eigenvalue weighted by atomic mass is 9.97. The molecule has 2 aliphatic carbocycles. The lowest BCUT2D eigenvalue weighted by Gasteiger charge is -2.16. The molecule has 3 rings (SSSR count). The Hall–Kier alpha value is -1.30. The van der Waals surface area contributed by atoms with E-state index in [-0.39, 0.29) is 22.8 Å². The maximum atomic E-state index is 13.7. The van der Waals surface area contributed by atoms with Gasteiger partial charge in [-0.05, 0) is 36.0 Å². The molecule has 20 heavy (non-hydrogen) atoms. The van der Waals surface area contributed by atoms with E-state index in [1.165, 1.54) is 6.07 Å². The first-order valence-corrected chi connectivity index (χ1v) is 6.52.